The first kappa shape index (κ1) is 25.2. The molecule has 1 aromatic heterocycles. The zero-order valence-electron chi connectivity index (χ0n) is 22.5. The molecule has 4 aromatic carbocycles. The second kappa shape index (κ2) is 10.5. The van der Waals surface area contributed by atoms with Crippen LogP contribution in [-0.4, -0.2) is 11.0 Å². The second-order valence-corrected chi connectivity index (χ2v) is 9.85. The van der Waals surface area contributed by atoms with Crippen LogP contribution in [0.5, 0.6) is 11.5 Å². The highest BCUT2D eigenvalue weighted by Gasteiger charge is 2.23. The van der Waals surface area contributed by atoms with Gasteiger partial charge >= 0.3 is 5.97 Å². The number of pyridine rings is 1. The van der Waals surface area contributed by atoms with Gasteiger partial charge in [0.2, 0.25) is 0 Å². The Bertz CT molecular complexity index is 1620. The highest BCUT2D eigenvalue weighted by atomic mass is 16.5. The van der Waals surface area contributed by atoms with E-state index in [1.165, 1.54) is 0 Å². The fraction of sp³-hybridized carbons (Fsp3) is 0.176. The minimum absolute atomic E-state index is 0.374. The number of carbonyl (C=O) groups is 1. The van der Waals surface area contributed by atoms with Crippen molar-refractivity contribution in [2.45, 2.75) is 41.2 Å². The van der Waals surface area contributed by atoms with Crippen molar-refractivity contribution in [3.05, 3.63) is 124 Å². The lowest BCUT2D eigenvalue weighted by atomic mass is 9.95. The molecule has 0 amide bonds. The Kier molecular flexibility index (Phi) is 6.97. The number of aromatic nitrogens is 1. The van der Waals surface area contributed by atoms with Crippen LogP contribution < -0.4 is 9.47 Å². The van der Waals surface area contributed by atoms with Crippen molar-refractivity contribution < 1.29 is 14.3 Å². The summed E-state index contributed by atoms with van der Waals surface area (Å²) in [6.45, 7) is 10.4. The minimum atomic E-state index is -0.374. The zero-order chi connectivity index (χ0) is 26.8. The third-order valence-corrected chi connectivity index (χ3v) is 6.85. The van der Waals surface area contributed by atoms with E-state index in [1.807, 2.05) is 113 Å². The van der Waals surface area contributed by atoms with E-state index in [0.717, 1.165) is 61.3 Å². The summed E-state index contributed by atoms with van der Waals surface area (Å²) >= 11 is 0. The number of para-hydroxylation sites is 1. The molecule has 0 fully saturated rings. The molecule has 0 atom stereocenters. The Morgan fingerprint density at radius 2 is 1.45 bits per heavy atom. The fourth-order valence-corrected chi connectivity index (χ4v) is 4.91. The summed E-state index contributed by atoms with van der Waals surface area (Å²) in [6, 6.07) is 27.9. The maximum Gasteiger partial charge on any atom is 0.344 e. The van der Waals surface area contributed by atoms with E-state index >= 15 is 0 Å². The molecule has 0 saturated heterocycles. The molecule has 0 aliphatic heterocycles. The minimum Gasteiger partial charge on any atom is -0.489 e. The van der Waals surface area contributed by atoms with Crippen LogP contribution in [0.25, 0.3) is 22.2 Å². The first-order chi connectivity index (χ1) is 18.3. The molecule has 190 valence electrons. The summed E-state index contributed by atoms with van der Waals surface area (Å²) in [5.41, 5.74) is 8.86. The number of ether oxygens (including phenoxy) is 2. The van der Waals surface area contributed by atoms with Crippen LogP contribution in [0, 0.1) is 34.6 Å². The summed E-state index contributed by atoms with van der Waals surface area (Å²) < 4.78 is 12.0. The number of hydrogen-bond donors (Lipinski definition) is 0. The Balaban J connectivity index is 1.55. The highest BCUT2D eigenvalue weighted by Crippen LogP contribution is 2.34. The van der Waals surface area contributed by atoms with E-state index in [0.29, 0.717) is 17.9 Å². The summed E-state index contributed by atoms with van der Waals surface area (Å²) in [5, 5.41) is 0.808. The molecule has 0 aliphatic rings. The molecule has 0 bridgehead atoms. The van der Waals surface area contributed by atoms with Crippen LogP contribution in [0.15, 0.2) is 84.9 Å². The van der Waals surface area contributed by atoms with E-state index < -0.39 is 0 Å². The van der Waals surface area contributed by atoms with E-state index in [4.69, 9.17) is 14.5 Å². The van der Waals surface area contributed by atoms with Crippen molar-refractivity contribution in [3.8, 4) is 22.8 Å². The number of carbonyl (C=O) groups excluding carboxylic acids is 1. The number of benzene rings is 4. The van der Waals surface area contributed by atoms with Crippen molar-refractivity contribution in [2.24, 2.45) is 0 Å². The third kappa shape index (κ3) is 5.03. The lowest BCUT2D eigenvalue weighted by Crippen LogP contribution is -2.14. The largest absolute Gasteiger partial charge is 0.489 e. The topological polar surface area (TPSA) is 48.4 Å². The van der Waals surface area contributed by atoms with Crippen LogP contribution in [0.1, 0.15) is 43.7 Å². The predicted octanol–water partition coefficient (Wildman–Crippen LogP) is 8.24. The van der Waals surface area contributed by atoms with E-state index in [2.05, 4.69) is 6.07 Å². The van der Waals surface area contributed by atoms with Crippen molar-refractivity contribution in [1.29, 1.82) is 0 Å². The Morgan fingerprint density at radius 1 is 0.763 bits per heavy atom. The first-order valence-electron chi connectivity index (χ1n) is 12.8. The Labute approximate surface area is 223 Å². The number of fused-ring (bicyclic) bond motifs is 1. The van der Waals surface area contributed by atoms with Crippen LogP contribution in [0.2, 0.25) is 0 Å². The van der Waals surface area contributed by atoms with E-state index in [-0.39, 0.29) is 5.97 Å². The van der Waals surface area contributed by atoms with E-state index in [9.17, 15) is 4.79 Å². The van der Waals surface area contributed by atoms with Crippen LogP contribution in [-0.2, 0) is 6.61 Å². The van der Waals surface area contributed by atoms with Gasteiger partial charge in [-0.2, -0.15) is 0 Å². The van der Waals surface area contributed by atoms with Gasteiger partial charge in [-0.05, 0) is 92.8 Å². The van der Waals surface area contributed by atoms with Gasteiger partial charge in [-0.25, -0.2) is 9.78 Å². The van der Waals surface area contributed by atoms with Crippen LogP contribution in [0.4, 0.5) is 0 Å². The van der Waals surface area contributed by atoms with Crippen molar-refractivity contribution in [1.82, 2.24) is 4.98 Å². The number of esters is 1. The monoisotopic (exact) mass is 501 g/mol. The standard InChI is InChI=1S/C34H31NO3/c1-21-18-24(4)31-29(19-21)30(34(36)38-33-22(2)10-9-11-23(33)3)25(5)32(35-31)27-14-16-28(17-15-27)37-20-26-12-7-6-8-13-26/h6-19H,20H2,1-5H3. The number of aryl methyl sites for hydroxylation is 4. The summed E-state index contributed by atoms with van der Waals surface area (Å²) in [7, 11) is 0. The number of rotatable bonds is 6. The molecule has 0 saturated carbocycles. The molecule has 4 heteroatoms. The summed E-state index contributed by atoms with van der Waals surface area (Å²) in [4.78, 5) is 18.8. The fourth-order valence-electron chi connectivity index (χ4n) is 4.91. The average molecular weight is 502 g/mol. The van der Waals surface area contributed by atoms with Crippen LogP contribution in [0.3, 0.4) is 0 Å². The predicted molar refractivity (Wildman–Crippen MR) is 153 cm³/mol. The molecule has 5 rings (SSSR count). The molecule has 5 aromatic rings. The molecule has 0 aliphatic carbocycles. The van der Waals surface area contributed by atoms with Gasteiger partial charge in [-0.15, -0.1) is 0 Å². The smallest absolute Gasteiger partial charge is 0.344 e. The van der Waals surface area contributed by atoms with E-state index in [1.54, 1.807) is 0 Å². The maximum atomic E-state index is 13.8. The lowest BCUT2D eigenvalue weighted by Gasteiger charge is -2.17. The van der Waals surface area contributed by atoms with Crippen LogP contribution >= 0.6 is 0 Å². The van der Waals surface area contributed by atoms with Gasteiger partial charge in [0.25, 0.3) is 0 Å². The van der Waals surface area contributed by atoms with Gasteiger partial charge < -0.3 is 9.47 Å². The van der Waals surface area contributed by atoms with Crippen molar-refractivity contribution in [3.63, 3.8) is 0 Å². The molecule has 0 radical (unpaired) electrons. The molecule has 38 heavy (non-hydrogen) atoms. The highest BCUT2D eigenvalue weighted by molar-refractivity contribution is 6.08. The van der Waals surface area contributed by atoms with Gasteiger partial charge in [-0.1, -0.05) is 60.2 Å². The number of hydrogen-bond acceptors (Lipinski definition) is 4. The van der Waals surface area contributed by atoms with Gasteiger partial charge in [0.15, 0.2) is 0 Å². The van der Waals surface area contributed by atoms with Gasteiger partial charge in [0.1, 0.15) is 18.1 Å². The normalized spacial score (nSPS) is 11.0. The average Bonchev–Trinajstić information content (AvgIpc) is 2.90. The SMILES string of the molecule is Cc1cc(C)c2nc(-c3ccc(OCc4ccccc4)cc3)c(C)c(C(=O)Oc3c(C)cccc3C)c2c1. The van der Waals surface area contributed by atoms with Crippen molar-refractivity contribution >= 4 is 16.9 Å². The van der Waals surface area contributed by atoms with Gasteiger partial charge in [0, 0.05) is 10.9 Å². The first-order valence-corrected chi connectivity index (χ1v) is 12.8. The Hall–Kier alpha value is -4.44. The second-order valence-electron chi connectivity index (χ2n) is 9.85. The third-order valence-electron chi connectivity index (χ3n) is 6.85. The number of nitrogens with zero attached hydrogens (tertiary/aromatic N) is 1. The Morgan fingerprint density at radius 3 is 2.13 bits per heavy atom. The molecule has 1 heterocycles. The summed E-state index contributed by atoms with van der Waals surface area (Å²) in [5.74, 6) is 1.01. The molecular weight excluding hydrogens is 470 g/mol. The zero-order valence-corrected chi connectivity index (χ0v) is 22.5. The molecule has 4 nitrogen and oxygen atoms in total. The van der Waals surface area contributed by atoms with Crippen molar-refractivity contribution in [2.75, 3.05) is 0 Å². The molecular formula is C34H31NO3. The molecule has 0 N–H and O–H groups in total. The van der Waals surface area contributed by atoms with Gasteiger partial charge in [0.05, 0.1) is 16.8 Å². The summed E-state index contributed by atoms with van der Waals surface area (Å²) in [6.07, 6.45) is 0. The molecule has 0 unspecified atom stereocenters. The maximum absolute atomic E-state index is 13.8. The van der Waals surface area contributed by atoms with Gasteiger partial charge in [-0.3, -0.25) is 0 Å². The quantitative estimate of drug-likeness (QED) is 0.174. The lowest BCUT2D eigenvalue weighted by molar-refractivity contribution is 0.0733. The molecule has 0 spiro atoms.